The molecule has 0 fully saturated rings. The summed E-state index contributed by atoms with van der Waals surface area (Å²) in [4.78, 5) is 25.4. The van der Waals surface area contributed by atoms with Gasteiger partial charge in [0.1, 0.15) is 17.2 Å². The topological polar surface area (TPSA) is 70.7 Å². The molecule has 0 aromatic heterocycles. The minimum Gasteiger partial charge on any atom is -0.487 e. The van der Waals surface area contributed by atoms with E-state index in [1.807, 2.05) is 20.8 Å². The number of amides is 3. The average molecular weight is 337 g/mol. The molecule has 7 heteroatoms. The van der Waals surface area contributed by atoms with Crippen molar-refractivity contribution in [2.45, 2.75) is 38.8 Å². The van der Waals surface area contributed by atoms with E-state index in [1.165, 1.54) is 17.0 Å². The maximum Gasteiger partial charge on any atom is 0.315 e. The Morgan fingerprint density at radius 1 is 1.42 bits per heavy atom. The molecule has 0 saturated carbocycles. The Balaban J connectivity index is 2.04. The van der Waals surface area contributed by atoms with Gasteiger partial charge >= 0.3 is 6.03 Å². The lowest BCUT2D eigenvalue weighted by molar-refractivity contribution is -0.128. The first-order chi connectivity index (χ1) is 11.2. The van der Waals surface area contributed by atoms with Crippen LogP contribution < -0.4 is 15.4 Å². The number of benzene rings is 1. The highest BCUT2D eigenvalue weighted by atomic mass is 19.1. The van der Waals surface area contributed by atoms with Crippen molar-refractivity contribution in [1.82, 2.24) is 15.5 Å². The van der Waals surface area contributed by atoms with E-state index in [1.54, 1.807) is 13.1 Å². The van der Waals surface area contributed by atoms with Crippen molar-refractivity contribution in [2.24, 2.45) is 0 Å². The molecule has 0 aliphatic carbocycles. The van der Waals surface area contributed by atoms with E-state index in [-0.39, 0.29) is 24.3 Å². The second kappa shape index (κ2) is 7.07. The van der Waals surface area contributed by atoms with Crippen LogP contribution in [0.25, 0.3) is 0 Å². The standard InChI is InChI=1S/C17H24FN3O3/c1-5-21(4)15(22)10-19-16(23)20-13-9-17(2,3)24-14-8-11(18)6-7-12(13)14/h6-8,13H,5,9-10H2,1-4H3,(H2,19,20,23). The molecule has 1 unspecified atom stereocenters. The predicted molar refractivity (Wildman–Crippen MR) is 88.3 cm³/mol. The molecule has 0 spiro atoms. The average Bonchev–Trinajstić information content (AvgIpc) is 2.50. The number of likely N-dealkylation sites (N-methyl/N-ethyl adjacent to an activating group) is 1. The minimum absolute atomic E-state index is 0.0704. The van der Waals surface area contributed by atoms with Crippen LogP contribution in [0.15, 0.2) is 18.2 Å². The van der Waals surface area contributed by atoms with Crippen molar-refractivity contribution in [3.63, 3.8) is 0 Å². The van der Waals surface area contributed by atoms with Gasteiger partial charge in [-0.05, 0) is 26.8 Å². The second-order valence-corrected chi connectivity index (χ2v) is 6.54. The Morgan fingerprint density at radius 2 is 2.12 bits per heavy atom. The van der Waals surface area contributed by atoms with E-state index in [0.29, 0.717) is 18.7 Å². The number of urea groups is 1. The van der Waals surface area contributed by atoms with Crippen molar-refractivity contribution in [2.75, 3.05) is 20.1 Å². The Kier molecular flexibility index (Phi) is 5.31. The molecular weight excluding hydrogens is 313 g/mol. The van der Waals surface area contributed by atoms with E-state index in [9.17, 15) is 14.0 Å². The summed E-state index contributed by atoms with van der Waals surface area (Å²) in [6.07, 6.45) is 0.544. The fourth-order valence-electron chi connectivity index (χ4n) is 2.63. The molecule has 6 nitrogen and oxygen atoms in total. The lowest BCUT2D eigenvalue weighted by Crippen LogP contribution is -2.46. The number of nitrogens with zero attached hydrogens (tertiary/aromatic N) is 1. The predicted octanol–water partition coefficient (Wildman–Crippen LogP) is 2.21. The fourth-order valence-corrected chi connectivity index (χ4v) is 2.63. The Labute approximate surface area is 141 Å². The van der Waals surface area contributed by atoms with Crippen LogP contribution in [0.5, 0.6) is 5.75 Å². The first kappa shape index (κ1) is 18.0. The summed E-state index contributed by atoms with van der Waals surface area (Å²) in [5, 5.41) is 5.40. The van der Waals surface area contributed by atoms with Crippen LogP contribution >= 0.6 is 0 Å². The molecule has 24 heavy (non-hydrogen) atoms. The third-order valence-electron chi connectivity index (χ3n) is 4.04. The van der Waals surface area contributed by atoms with Crippen molar-refractivity contribution in [3.8, 4) is 5.75 Å². The van der Waals surface area contributed by atoms with Crippen LogP contribution in [0.3, 0.4) is 0 Å². The van der Waals surface area contributed by atoms with Gasteiger partial charge in [0.2, 0.25) is 5.91 Å². The van der Waals surface area contributed by atoms with Crippen molar-refractivity contribution in [1.29, 1.82) is 0 Å². The number of fused-ring (bicyclic) bond motifs is 1. The molecule has 1 heterocycles. The Hall–Kier alpha value is -2.31. The molecule has 132 valence electrons. The summed E-state index contributed by atoms with van der Waals surface area (Å²) in [7, 11) is 1.67. The van der Waals surface area contributed by atoms with Crippen LogP contribution in [-0.4, -0.2) is 42.6 Å². The highest BCUT2D eigenvalue weighted by Crippen LogP contribution is 2.39. The largest absolute Gasteiger partial charge is 0.487 e. The zero-order valence-corrected chi connectivity index (χ0v) is 14.5. The van der Waals surface area contributed by atoms with Gasteiger partial charge in [-0.2, -0.15) is 0 Å². The molecular formula is C17H24FN3O3. The molecule has 3 amide bonds. The first-order valence-corrected chi connectivity index (χ1v) is 7.98. The third kappa shape index (κ3) is 4.37. The summed E-state index contributed by atoms with van der Waals surface area (Å²) < 4.78 is 19.2. The lowest BCUT2D eigenvalue weighted by atomic mass is 9.90. The summed E-state index contributed by atoms with van der Waals surface area (Å²) in [5.74, 6) is -0.122. The summed E-state index contributed by atoms with van der Waals surface area (Å²) in [5.41, 5.74) is 0.194. The van der Waals surface area contributed by atoms with E-state index in [0.717, 1.165) is 5.56 Å². The number of nitrogens with one attached hydrogen (secondary N) is 2. The Bertz CT molecular complexity index is 634. The monoisotopic (exact) mass is 337 g/mol. The highest BCUT2D eigenvalue weighted by molar-refractivity contribution is 5.84. The van der Waals surface area contributed by atoms with Gasteiger partial charge in [0.25, 0.3) is 0 Å². The van der Waals surface area contributed by atoms with Crippen molar-refractivity contribution in [3.05, 3.63) is 29.6 Å². The number of carbonyl (C=O) groups is 2. The van der Waals surface area contributed by atoms with E-state index in [4.69, 9.17) is 4.74 Å². The molecule has 2 N–H and O–H groups in total. The second-order valence-electron chi connectivity index (χ2n) is 6.54. The van der Waals surface area contributed by atoms with Crippen molar-refractivity contribution < 1.29 is 18.7 Å². The highest BCUT2D eigenvalue weighted by Gasteiger charge is 2.34. The number of carbonyl (C=O) groups excluding carboxylic acids is 2. The smallest absolute Gasteiger partial charge is 0.315 e. The van der Waals surface area contributed by atoms with E-state index >= 15 is 0 Å². The van der Waals surface area contributed by atoms with Crippen LogP contribution in [0.1, 0.15) is 38.8 Å². The van der Waals surface area contributed by atoms with Gasteiger partial charge in [-0.3, -0.25) is 4.79 Å². The Morgan fingerprint density at radius 3 is 2.79 bits per heavy atom. The summed E-state index contributed by atoms with van der Waals surface area (Å²) in [6.45, 7) is 6.13. The molecule has 0 bridgehead atoms. The third-order valence-corrected chi connectivity index (χ3v) is 4.04. The van der Waals surface area contributed by atoms with E-state index < -0.39 is 11.6 Å². The maximum atomic E-state index is 13.4. The normalized spacial score (nSPS) is 18.1. The van der Waals surface area contributed by atoms with Crippen LogP contribution in [-0.2, 0) is 4.79 Å². The van der Waals surface area contributed by atoms with E-state index in [2.05, 4.69) is 10.6 Å². The molecule has 2 rings (SSSR count). The van der Waals surface area contributed by atoms with Gasteiger partial charge in [0.05, 0.1) is 12.6 Å². The zero-order chi connectivity index (χ0) is 17.9. The first-order valence-electron chi connectivity index (χ1n) is 7.98. The number of halogens is 1. The number of ether oxygens (including phenoxy) is 1. The minimum atomic E-state index is -0.531. The van der Waals surface area contributed by atoms with Crippen molar-refractivity contribution >= 4 is 11.9 Å². The summed E-state index contributed by atoms with van der Waals surface area (Å²) >= 11 is 0. The van der Waals surface area contributed by atoms with Gasteiger partial charge in [-0.1, -0.05) is 6.07 Å². The molecule has 1 aliphatic rings. The number of hydrogen-bond acceptors (Lipinski definition) is 3. The van der Waals surface area contributed by atoms with Gasteiger partial charge in [-0.25, -0.2) is 9.18 Å². The molecule has 0 radical (unpaired) electrons. The quantitative estimate of drug-likeness (QED) is 0.885. The zero-order valence-electron chi connectivity index (χ0n) is 14.5. The van der Waals surface area contributed by atoms with Gasteiger partial charge in [0, 0.05) is 31.6 Å². The van der Waals surface area contributed by atoms with Crippen LogP contribution in [0.4, 0.5) is 9.18 Å². The van der Waals surface area contributed by atoms with Crippen LogP contribution in [0.2, 0.25) is 0 Å². The van der Waals surface area contributed by atoms with Gasteiger partial charge in [0.15, 0.2) is 0 Å². The molecule has 1 atom stereocenters. The SMILES string of the molecule is CCN(C)C(=O)CNC(=O)NC1CC(C)(C)Oc2cc(F)ccc21. The molecule has 1 aromatic carbocycles. The van der Waals surface area contributed by atoms with Gasteiger partial charge in [-0.15, -0.1) is 0 Å². The number of rotatable bonds is 4. The molecule has 1 aromatic rings. The molecule has 1 aliphatic heterocycles. The molecule has 0 saturated heterocycles. The maximum absolute atomic E-state index is 13.4. The summed E-state index contributed by atoms with van der Waals surface area (Å²) in [6, 6.07) is 3.52. The van der Waals surface area contributed by atoms with Gasteiger partial charge < -0.3 is 20.3 Å². The fraction of sp³-hybridized carbons (Fsp3) is 0.529. The number of hydrogen-bond donors (Lipinski definition) is 2. The lowest BCUT2D eigenvalue weighted by Gasteiger charge is -2.37. The van der Waals surface area contributed by atoms with Crippen LogP contribution in [0, 0.1) is 5.82 Å².